The van der Waals surface area contributed by atoms with Gasteiger partial charge in [0.2, 0.25) is 0 Å². The molecule has 0 aliphatic carbocycles. The second-order valence-electron chi connectivity index (χ2n) is 4.31. The van der Waals surface area contributed by atoms with E-state index in [0.29, 0.717) is 11.7 Å². The molecule has 4 heteroatoms. The zero-order chi connectivity index (χ0) is 11.0. The third kappa shape index (κ3) is 1.69. The first-order valence-corrected chi connectivity index (χ1v) is 5.69. The number of rotatable bonds is 2. The fraction of sp³-hybridized carbons (Fsp3) is 0.417. The van der Waals surface area contributed by atoms with Crippen molar-refractivity contribution < 1.29 is 4.39 Å². The van der Waals surface area contributed by atoms with Crippen LogP contribution in [0.5, 0.6) is 0 Å². The lowest BCUT2D eigenvalue weighted by molar-refractivity contribution is 0.566. The molecule has 2 aromatic rings. The number of fused-ring (bicyclic) bond motifs is 1. The van der Waals surface area contributed by atoms with Gasteiger partial charge in [-0.15, -0.1) is 0 Å². The molecule has 1 aliphatic heterocycles. The van der Waals surface area contributed by atoms with Gasteiger partial charge in [0.05, 0.1) is 5.69 Å². The van der Waals surface area contributed by atoms with E-state index in [9.17, 15) is 4.39 Å². The minimum absolute atomic E-state index is 0.254. The minimum Gasteiger partial charge on any atom is -0.314 e. The van der Waals surface area contributed by atoms with E-state index in [-0.39, 0.29) is 5.95 Å². The highest BCUT2D eigenvalue weighted by molar-refractivity contribution is 5.39. The topological polar surface area (TPSA) is 29.3 Å². The summed E-state index contributed by atoms with van der Waals surface area (Å²) in [4.78, 5) is 4.42. The van der Waals surface area contributed by atoms with Gasteiger partial charge in [-0.2, -0.15) is 4.39 Å². The molecule has 2 aromatic heterocycles. The molecule has 16 heavy (non-hydrogen) atoms. The normalized spacial score (nSPS) is 20.7. The molecule has 1 fully saturated rings. The van der Waals surface area contributed by atoms with Crippen LogP contribution < -0.4 is 5.32 Å². The Morgan fingerprint density at radius 2 is 2.44 bits per heavy atom. The summed E-state index contributed by atoms with van der Waals surface area (Å²) in [7, 11) is 0. The number of nitrogens with zero attached hydrogens (tertiary/aromatic N) is 2. The third-order valence-corrected chi connectivity index (χ3v) is 3.11. The monoisotopic (exact) mass is 219 g/mol. The molecule has 0 radical (unpaired) electrons. The Bertz CT molecular complexity index is 500. The molecular weight excluding hydrogens is 205 g/mol. The summed E-state index contributed by atoms with van der Waals surface area (Å²) in [6.07, 6.45) is 5.11. The SMILES string of the molecule is Fc1cccc2nc(CC3CCCN3)cn12. The van der Waals surface area contributed by atoms with Crippen LogP contribution in [0.3, 0.4) is 0 Å². The maximum Gasteiger partial charge on any atom is 0.199 e. The number of imidazole rings is 1. The summed E-state index contributed by atoms with van der Waals surface area (Å²) >= 11 is 0. The summed E-state index contributed by atoms with van der Waals surface area (Å²) in [5.74, 6) is -0.254. The highest BCUT2D eigenvalue weighted by atomic mass is 19.1. The molecule has 1 N–H and O–H groups in total. The molecule has 84 valence electrons. The molecule has 1 atom stereocenters. The number of aromatic nitrogens is 2. The average molecular weight is 219 g/mol. The number of nitrogens with one attached hydrogen (secondary N) is 1. The Morgan fingerprint density at radius 1 is 1.50 bits per heavy atom. The molecule has 1 aliphatic rings. The molecule has 0 amide bonds. The summed E-state index contributed by atoms with van der Waals surface area (Å²) in [5.41, 5.74) is 1.65. The predicted octanol–water partition coefficient (Wildman–Crippen LogP) is 1.77. The van der Waals surface area contributed by atoms with Gasteiger partial charge in [-0.05, 0) is 31.5 Å². The zero-order valence-corrected chi connectivity index (χ0v) is 8.99. The second kappa shape index (κ2) is 3.87. The fourth-order valence-electron chi connectivity index (χ4n) is 2.31. The maximum atomic E-state index is 13.4. The molecule has 1 unspecified atom stereocenters. The van der Waals surface area contributed by atoms with Crippen molar-refractivity contribution in [2.45, 2.75) is 25.3 Å². The maximum absolute atomic E-state index is 13.4. The van der Waals surface area contributed by atoms with E-state index >= 15 is 0 Å². The number of hydrogen-bond donors (Lipinski definition) is 1. The van der Waals surface area contributed by atoms with Crippen LogP contribution in [-0.4, -0.2) is 22.0 Å². The Morgan fingerprint density at radius 3 is 3.19 bits per heavy atom. The van der Waals surface area contributed by atoms with E-state index in [2.05, 4.69) is 10.3 Å². The molecule has 0 aromatic carbocycles. The van der Waals surface area contributed by atoms with Gasteiger partial charge >= 0.3 is 0 Å². The third-order valence-electron chi connectivity index (χ3n) is 3.11. The molecular formula is C12H14FN3. The summed E-state index contributed by atoms with van der Waals surface area (Å²) in [6, 6.07) is 5.48. The molecule has 1 saturated heterocycles. The lowest BCUT2D eigenvalue weighted by Gasteiger charge is -2.06. The van der Waals surface area contributed by atoms with Gasteiger partial charge in [0.25, 0.3) is 0 Å². The smallest absolute Gasteiger partial charge is 0.199 e. The fourth-order valence-corrected chi connectivity index (χ4v) is 2.31. The second-order valence-corrected chi connectivity index (χ2v) is 4.31. The van der Waals surface area contributed by atoms with E-state index in [4.69, 9.17) is 0 Å². The Balaban J connectivity index is 1.90. The van der Waals surface area contributed by atoms with Crippen LogP contribution >= 0.6 is 0 Å². The van der Waals surface area contributed by atoms with E-state index in [1.807, 2.05) is 6.07 Å². The van der Waals surface area contributed by atoms with Gasteiger partial charge in [0.1, 0.15) is 5.65 Å². The largest absolute Gasteiger partial charge is 0.314 e. The van der Waals surface area contributed by atoms with Crippen molar-refractivity contribution in [2.75, 3.05) is 6.54 Å². The summed E-state index contributed by atoms with van der Waals surface area (Å²) in [5, 5.41) is 3.42. The first-order valence-electron chi connectivity index (χ1n) is 5.69. The van der Waals surface area contributed by atoms with Gasteiger partial charge in [0, 0.05) is 18.7 Å². The van der Waals surface area contributed by atoms with E-state index in [1.54, 1.807) is 12.3 Å². The highest BCUT2D eigenvalue weighted by Crippen LogP contribution is 2.13. The quantitative estimate of drug-likeness (QED) is 0.780. The van der Waals surface area contributed by atoms with Crippen molar-refractivity contribution in [3.8, 4) is 0 Å². The standard InChI is InChI=1S/C12H14FN3/c13-11-4-1-5-12-15-10(8-16(11)12)7-9-3-2-6-14-9/h1,4-5,8-9,14H,2-3,6-7H2. The minimum atomic E-state index is -0.254. The van der Waals surface area contributed by atoms with Crippen molar-refractivity contribution in [3.05, 3.63) is 36.0 Å². The van der Waals surface area contributed by atoms with Crippen molar-refractivity contribution in [1.82, 2.24) is 14.7 Å². The van der Waals surface area contributed by atoms with Crippen molar-refractivity contribution in [2.24, 2.45) is 0 Å². The van der Waals surface area contributed by atoms with Crippen LogP contribution in [0.15, 0.2) is 24.4 Å². The van der Waals surface area contributed by atoms with Crippen LogP contribution in [0.2, 0.25) is 0 Å². The zero-order valence-electron chi connectivity index (χ0n) is 8.99. The van der Waals surface area contributed by atoms with Crippen LogP contribution in [0.4, 0.5) is 4.39 Å². The van der Waals surface area contributed by atoms with E-state index in [0.717, 1.165) is 18.7 Å². The molecule has 0 spiro atoms. The molecule has 3 heterocycles. The first-order chi connectivity index (χ1) is 7.83. The van der Waals surface area contributed by atoms with Gasteiger partial charge in [-0.1, -0.05) is 6.07 Å². The Labute approximate surface area is 93.3 Å². The summed E-state index contributed by atoms with van der Waals surface area (Å²) < 4.78 is 14.9. The lowest BCUT2D eigenvalue weighted by Crippen LogP contribution is -2.23. The molecule has 3 rings (SSSR count). The van der Waals surface area contributed by atoms with Crippen molar-refractivity contribution in [3.63, 3.8) is 0 Å². The molecule has 0 bridgehead atoms. The van der Waals surface area contributed by atoms with Crippen molar-refractivity contribution >= 4 is 5.65 Å². The van der Waals surface area contributed by atoms with Crippen molar-refractivity contribution in [1.29, 1.82) is 0 Å². The first kappa shape index (κ1) is 9.78. The van der Waals surface area contributed by atoms with Crippen LogP contribution in [0.1, 0.15) is 18.5 Å². The lowest BCUT2D eigenvalue weighted by atomic mass is 10.1. The van der Waals surface area contributed by atoms with E-state index < -0.39 is 0 Å². The van der Waals surface area contributed by atoms with Crippen LogP contribution in [-0.2, 0) is 6.42 Å². The highest BCUT2D eigenvalue weighted by Gasteiger charge is 2.16. The number of halogens is 1. The molecule has 0 saturated carbocycles. The summed E-state index contributed by atoms with van der Waals surface area (Å²) in [6.45, 7) is 1.09. The number of pyridine rings is 1. The Hall–Kier alpha value is -1.42. The van der Waals surface area contributed by atoms with Gasteiger partial charge in [-0.25, -0.2) is 4.98 Å². The Kier molecular flexibility index (Phi) is 2.36. The van der Waals surface area contributed by atoms with Crippen LogP contribution in [0, 0.1) is 5.95 Å². The predicted molar refractivity (Wildman–Crippen MR) is 59.9 cm³/mol. The molecule has 3 nitrogen and oxygen atoms in total. The average Bonchev–Trinajstić information content (AvgIpc) is 2.88. The van der Waals surface area contributed by atoms with E-state index in [1.165, 1.54) is 23.3 Å². The van der Waals surface area contributed by atoms with Crippen LogP contribution in [0.25, 0.3) is 5.65 Å². The van der Waals surface area contributed by atoms with Gasteiger partial charge in [-0.3, -0.25) is 4.40 Å². The van der Waals surface area contributed by atoms with Gasteiger partial charge in [0.15, 0.2) is 5.95 Å². The van der Waals surface area contributed by atoms with Gasteiger partial charge < -0.3 is 5.32 Å². The number of hydrogen-bond acceptors (Lipinski definition) is 2.